The average molecular weight is 649 g/mol. The molecule has 0 saturated carbocycles. The summed E-state index contributed by atoms with van der Waals surface area (Å²) in [6.45, 7) is 0. The van der Waals surface area contributed by atoms with E-state index < -0.39 is 0 Å². The third-order valence-electron chi connectivity index (χ3n) is 11.3. The number of aliphatic imine (C=N–C) groups is 1. The van der Waals surface area contributed by atoms with E-state index in [2.05, 4.69) is 187 Å². The number of hydrogen-bond acceptors (Lipinski definition) is 2. The molecule has 0 fully saturated rings. The molecule has 2 aliphatic carbocycles. The second-order valence-electron chi connectivity index (χ2n) is 13.9. The van der Waals surface area contributed by atoms with E-state index in [-0.39, 0.29) is 11.5 Å². The third kappa shape index (κ3) is 4.02. The Labute approximate surface area is 297 Å². The van der Waals surface area contributed by atoms with Gasteiger partial charge in [0.1, 0.15) is 5.84 Å². The highest BCUT2D eigenvalue weighted by Gasteiger charge is 2.50. The molecule has 3 aliphatic rings. The Morgan fingerprint density at radius 2 is 1.02 bits per heavy atom. The third-order valence-corrected chi connectivity index (χ3v) is 11.3. The van der Waals surface area contributed by atoms with Crippen LogP contribution in [-0.2, 0) is 5.41 Å². The molecule has 8 aromatic carbocycles. The number of hydrogen-bond donors (Lipinski definition) is 1. The zero-order chi connectivity index (χ0) is 33.5. The Bertz CT molecular complexity index is 2710. The zero-order valence-corrected chi connectivity index (χ0v) is 27.8. The summed E-state index contributed by atoms with van der Waals surface area (Å²) in [4.78, 5) is 5.27. The SMILES string of the molecule is C1=C(c2ccccc2)NC(c2cccc(-c3ccc4c(c3)C3(c5ccccc5-4)c4cccc5ccc6cccc3c6c45)c2)=NC1c1ccccc1. The first-order valence-corrected chi connectivity index (χ1v) is 17.7. The lowest BCUT2D eigenvalue weighted by molar-refractivity contribution is 0.797. The molecule has 0 saturated heterocycles. The quantitative estimate of drug-likeness (QED) is 0.189. The van der Waals surface area contributed by atoms with E-state index in [1.165, 1.54) is 71.6 Å². The van der Waals surface area contributed by atoms with Gasteiger partial charge in [0.15, 0.2) is 0 Å². The molecular weight excluding hydrogens is 617 g/mol. The minimum Gasteiger partial charge on any atom is -0.340 e. The van der Waals surface area contributed by atoms with Crippen molar-refractivity contribution in [3.63, 3.8) is 0 Å². The van der Waals surface area contributed by atoms with Crippen molar-refractivity contribution in [1.29, 1.82) is 0 Å². The van der Waals surface area contributed by atoms with Crippen LogP contribution in [0.2, 0.25) is 0 Å². The van der Waals surface area contributed by atoms with Crippen molar-refractivity contribution < 1.29 is 0 Å². The summed E-state index contributed by atoms with van der Waals surface area (Å²) in [5, 5.41) is 9.08. The molecule has 11 rings (SSSR count). The van der Waals surface area contributed by atoms with E-state index in [1.807, 2.05) is 0 Å². The zero-order valence-electron chi connectivity index (χ0n) is 27.8. The number of benzene rings is 8. The first-order chi connectivity index (χ1) is 25.3. The molecular formula is C49H32N2. The number of nitrogens with zero attached hydrogens (tertiary/aromatic N) is 1. The molecule has 0 radical (unpaired) electrons. The van der Waals surface area contributed by atoms with Crippen LogP contribution < -0.4 is 5.32 Å². The van der Waals surface area contributed by atoms with Crippen LogP contribution in [0.25, 0.3) is 49.5 Å². The van der Waals surface area contributed by atoms with Gasteiger partial charge in [-0.15, -0.1) is 0 Å². The van der Waals surface area contributed by atoms with Gasteiger partial charge in [-0.25, -0.2) is 0 Å². The van der Waals surface area contributed by atoms with Crippen LogP contribution >= 0.6 is 0 Å². The highest BCUT2D eigenvalue weighted by molar-refractivity contribution is 6.17. The average Bonchev–Trinajstić information content (AvgIpc) is 3.68. The van der Waals surface area contributed by atoms with Crippen molar-refractivity contribution in [3.8, 4) is 22.3 Å². The molecule has 1 atom stereocenters. The van der Waals surface area contributed by atoms with Crippen molar-refractivity contribution in [2.45, 2.75) is 11.5 Å². The normalized spacial score (nSPS) is 16.2. The number of amidine groups is 1. The van der Waals surface area contributed by atoms with Crippen molar-refractivity contribution in [3.05, 3.63) is 221 Å². The Kier molecular flexibility index (Phi) is 5.97. The Hall–Kier alpha value is -6.51. The Morgan fingerprint density at radius 3 is 1.78 bits per heavy atom. The molecule has 1 N–H and O–H groups in total. The summed E-state index contributed by atoms with van der Waals surface area (Å²) < 4.78 is 0. The predicted molar refractivity (Wildman–Crippen MR) is 211 cm³/mol. The fraction of sp³-hybridized carbons (Fsp3) is 0.0408. The summed E-state index contributed by atoms with van der Waals surface area (Å²) in [5.74, 6) is 0.877. The van der Waals surface area contributed by atoms with Crippen molar-refractivity contribution >= 4 is 33.1 Å². The minimum absolute atomic E-state index is 0.0888. The van der Waals surface area contributed by atoms with E-state index >= 15 is 0 Å². The standard InChI is InChI=1S/C49H32N2/c1-3-12-31(13-4-1)44-30-45(32-14-5-2-6-15-32)51-48(50-44)37-19-9-18-35(28-37)36-26-27-39-38-20-7-8-21-40(38)49(43(39)29-36)41-22-10-16-33-24-25-34-17-11-23-42(49)47(34)46(33)41/h1-30,44H,(H,50,51). The van der Waals surface area contributed by atoms with Crippen LogP contribution in [0.3, 0.4) is 0 Å². The first-order valence-electron chi connectivity index (χ1n) is 17.7. The van der Waals surface area contributed by atoms with Crippen molar-refractivity contribution in [2.75, 3.05) is 0 Å². The molecule has 0 amide bonds. The van der Waals surface area contributed by atoms with Crippen LogP contribution in [0.5, 0.6) is 0 Å². The fourth-order valence-electron chi connectivity index (χ4n) is 9.10. The number of rotatable bonds is 4. The van der Waals surface area contributed by atoms with Crippen LogP contribution in [0.15, 0.2) is 187 Å². The number of nitrogens with one attached hydrogen (secondary N) is 1. The van der Waals surface area contributed by atoms with Crippen molar-refractivity contribution in [2.24, 2.45) is 4.99 Å². The van der Waals surface area contributed by atoms with Gasteiger partial charge in [0.25, 0.3) is 0 Å². The van der Waals surface area contributed by atoms with Crippen molar-refractivity contribution in [1.82, 2.24) is 5.32 Å². The van der Waals surface area contributed by atoms with Crippen LogP contribution in [0.1, 0.15) is 45.0 Å². The highest BCUT2D eigenvalue weighted by atomic mass is 15.0. The lowest BCUT2D eigenvalue weighted by atomic mass is 9.70. The maximum absolute atomic E-state index is 5.27. The molecule has 1 unspecified atom stereocenters. The van der Waals surface area contributed by atoms with Gasteiger partial charge in [-0.1, -0.05) is 164 Å². The topological polar surface area (TPSA) is 24.4 Å². The molecule has 2 nitrogen and oxygen atoms in total. The lowest BCUT2D eigenvalue weighted by Crippen LogP contribution is -2.27. The highest BCUT2D eigenvalue weighted by Crippen LogP contribution is 2.62. The molecule has 1 aliphatic heterocycles. The van der Waals surface area contributed by atoms with Crippen LogP contribution in [0, 0.1) is 0 Å². The molecule has 2 heteroatoms. The Morgan fingerprint density at radius 1 is 0.431 bits per heavy atom. The summed E-state index contributed by atoms with van der Waals surface area (Å²) in [6.07, 6.45) is 2.23. The van der Waals surface area contributed by atoms with Gasteiger partial charge in [-0.05, 0) is 95.4 Å². The molecule has 0 aromatic heterocycles. The molecule has 1 heterocycles. The molecule has 1 spiro atoms. The minimum atomic E-state index is -0.379. The van der Waals surface area contributed by atoms with E-state index in [9.17, 15) is 0 Å². The number of fused-ring (bicyclic) bond motifs is 7. The second kappa shape index (κ2) is 10.7. The predicted octanol–water partition coefficient (Wildman–Crippen LogP) is 11.5. The van der Waals surface area contributed by atoms with E-state index in [4.69, 9.17) is 4.99 Å². The summed E-state index contributed by atoms with van der Waals surface area (Å²) in [7, 11) is 0. The van der Waals surface area contributed by atoms with Gasteiger partial charge >= 0.3 is 0 Å². The molecule has 0 bridgehead atoms. The molecule has 51 heavy (non-hydrogen) atoms. The van der Waals surface area contributed by atoms with Gasteiger partial charge in [0.05, 0.1) is 11.5 Å². The molecule has 8 aromatic rings. The summed E-state index contributed by atoms with van der Waals surface area (Å²) in [5.41, 5.74) is 14.6. The van der Waals surface area contributed by atoms with Crippen LogP contribution in [-0.4, -0.2) is 5.84 Å². The second-order valence-corrected chi connectivity index (χ2v) is 13.9. The Balaban J connectivity index is 1.08. The first kappa shape index (κ1) is 28.3. The summed E-state index contributed by atoms with van der Waals surface area (Å²) >= 11 is 0. The van der Waals surface area contributed by atoms with Gasteiger partial charge < -0.3 is 5.32 Å². The van der Waals surface area contributed by atoms with E-state index in [0.717, 1.165) is 22.7 Å². The van der Waals surface area contributed by atoms with Gasteiger partial charge in [-0.3, -0.25) is 4.99 Å². The molecule has 238 valence electrons. The van der Waals surface area contributed by atoms with Gasteiger partial charge in [0.2, 0.25) is 0 Å². The fourth-order valence-corrected chi connectivity index (χ4v) is 9.10. The lowest BCUT2D eigenvalue weighted by Gasteiger charge is -2.31. The smallest absolute Gasteiger partial charge is 0.133 e. The van der Waals surface area contributed by atoms with Crippen LogP contribution in [0.4, 0.5) is 0 Å². The maximum Gasteiger partial charge on any atom is 0.133 e. The summed E-state index contributed by atoms with van der Waals surface area (Å²) in [6, 6.07) is 64.4. The largest absolute Gasteiger partial charge is 0.340 e. The van der Waals surface area contributed by atoms with E-state index in [1.54, 1.807) is 0 Å². The monoisotopic (exact) mass is 648 g/mol. The van der Waals surface area contributed by atoms with Gasteiger partial charge in [0, 0.05) is 11.3 Å². The van der Waals surface area contributed by atoms with E-state index in [0.29, 0.717) is 0 Å². The van der Waals surface area contributed by atoms with Gasteiger partial charge in [-0.2, -0.15) is 0 Å². The maximum atomic E-state index is 5.27.